The first-order chi connectivity index (χ1) is 11.5. The third kappa shape index (κ3) is 6.53. The molecule has 24 heavy (non-hydrogen) atoms. The number of ether oxygens (including phenoxy) is 1. The van der Waals surface area contributed by atoms with Gasteiger partial charge in [0.15, 0.2) is 6.61 Å². The molecule has 6 nitrogen and oxygen atoms in total. The second-order valence-electron chi connectivity index (χ2n) is 5.44. The summed E-state index contributed by atoms with van der Waals surface area (Å²) in [6.07, 6.45) is 3.27. The quantitative estimate of drug-likeness (QED) is 0.342. The molecular formula is C18H23N3O3. The van der Waals surface area contributed by atoms with Gasteiger partial charge in [-0.25, -0.2) is 4.79 Å². The fourth-order valence-corrected chi connectivity index (χ4v) is 1.84. The van der Waals surface area contributed by atoms with E-state index in [0.29, 0.717) is 12.1 Å². The lowest BCUT2D eigenvalue weighted by Crippen LogP contribution is -2.29. The highest BCUT2D eigenvalue weighted by Gasteiger charge is 2.13. The van der Waals surface area contributed by atoms with Crippen LogP contribution in [0.3, 0.4) is 0 Å². The number of unbranched alkanes of at least 4 members (excludes halogenated alkanes) is 1. The molecule has 1 N–H and O–H groups in total. The Morgan fingerprint density at radius 1 is 1.29 bits per heavy atom. The standard InChI is InChI=1S/C18H23N3O3/c1-4-5-10-20-17(22)13-24-18(23)15(12-19)11-14-6-8-16(9-7-14)21(2)3/h6-9,11H,4-5,10,13H2,1-3H3,(H,20,22)/b15-11+. The van der Waals surface area contributed by atoms with Crippen molar-refractivity contribution in [3.8, 4) is 6.07 Å². The number of esters is 1. The molecule has 6 heteroatoms. The van der Waals surface area contributed by atoms with Crippen molar-refractivity contribution in [1.82, 2.24) is 5.32 Å². The molecule has 0 atom stereocenters. The summed E-state index contributed by atoms with van der Waals surface area (Å²) in [5.74, 6) is -1.18. The molecule has 1 aromatic carbocycles. The second kappa shape index (κ2) is 10.1. The molecule has 0 fully saturated rings. The van der Waals surface area contributed by atoms with Gasteiger partial charge in [0, 0.05) is 26.3 Å². The molecule has 0 aliphatic carbocycles. The normalized spacial score (nSPS) is 10.7. The average Bonchev–Trinajstić information content (AvgIpc) is 2.58. The van der Waals surface area contributed by atoms with Crippen LogP contribution in [0.1, 0.15) is 25.3 Å². The van der Waals surface area contributed by atoms with E-state index < -0.39 is 5.97 Å². The molecule has 0 aromatic heterocycles. The Balaban J connectivity index is 2.63. The molecule has 0 aliphatic heterocycles. The van der Waals surface area contributed by atoms with Gasteiger partial charge in [0.05, 0.1) is 0 Å². The van der Waals surface area contributed by atoms with Crippen LogP contribution in [-0.2, 0) is 14.3 Å². The number of hydrogen-bond donors (Lipinski definition) is 1. The van der Waals surface area contributed by atoms with Crippen LogP contribution in [0.4, 0.5) is 5.69 Å². The summed E-state index contributed by atoms with van der Waals surface area (Å²) in [5.41, 5.74) is 1.58. The van der Waals surface area contributed by atoms with Crippen molar-refractivity contribution < 1.29 is 14.3 Å². The zero-order chi connectivity index (χ0) is 17.9. The van der Waals surface area contributed by atoms with E-state index in [1.165, 1.54) is 6.08 Å². The minimum atomic E-state index is -0.806. The fraction of sp³-hybridized carbons (Fsp3) is 0.389. The van der Waals surface area contributed by atoms with E-state index in [-0.39, 0.29) is 18.1 Å². The Kier molecular flexibility index (Phi) is 8.06. The van der Waals surface area contributed by atoms with Gasteiger partial charge in [-0.1, -0.05) is 25.5 Å². The van der Waals surface area contributed by atoms with Crippen molar-refractivity contribution in [3.63, 3.8) is 0 Å². The minimum absolute atomic E-state index is 0.144. The number of nitrogens with zero attached hydrogens (tertiary/aromatic N) is 2. The predicted molar refractivity (Wildman–Crippen MR) is 93.2 cm³/mol. The molecule has 0 radical (unpaired) electrons. The first-order valence-corrected chi connectivity index (χ1v) is 7.81. The second-order valence-corrected chi connectivity index (χ2v) is 5.44. The summed E-state index contributed by atoms with van der Waals surface area (Å²) in [6.45, 7) is 2.18. The number of carbonyl (C=O) groups excluding carboxylic acids is 2. The van der Waals surface area contributed by atoms with E-state index in [0.717, 1.165) is 18.5 Å². The Labute approximate surface area is 142 Å². The number of nitriles is 1. The number of hydrogen-bond acceptors (Lipinski definition) is 5. The minimum Gasteiger partial charge on any atom is -0.451 e. The summed E-state index contributed by atoms with van der Waals surface area (Å²) >= 11 is 0. The number of nitrogens with one attached hydrogen (secondary N) is 1. The number of anilines is 1. The molecule has 0 aliphatic rings. The molecule has 1 amide bonds. The summed E-state index contributed by atoms with van der Waals surface area (Å²) in [6, 6.07) is 9.18. The molecule has 1 rings (SSSR count). The molecular weight excluding hydrogens is 306 g/mol. The van der Waals surface area contributed by atoms with Gasteiger partial charge >= 0.3 is 5.97 Å². The Morgan fingerprint density at radius 3 is 2.50 bits per heavy atom. The lowest BCUT2D eigenvalue weighted by Gasteiger charge is -2.11. The number of carbonyl (C=O) groups is 2. The summed E-state index contributed by atoms with van der Waals surface area (Å²) < 4.78 is 4.87. The number of amides is 1. The van der Waals surface area contributed by atoms with Gasteiger partial charge in [-0.15, -0.1) is 0 Å². The SMILES string of the molecule is CCCCNC(=O)COC(=O)/C(C#N)=C/c1ccc(N(C)C)cc1. The Hall–Kier alpha value is -2.81. The molecule has 0 saturated heterocycles. The van der Waals surface area contributed by atoms with E-state index >= 15 is 0 Å². The largest absolute Gasteiger partial charge is 0.451 e. The van der Waals surface area contributed by atoms with Crippen molar-refractivity contribution in [2.75, 3.05) is 32.1 Å². The topological polar surface area (TPSA) is 82.4 Å². The van der Waals surface area contributed by atoms with Crippen LogP contribution in [0.2, 0.25) is 0 Å². The van der Waals surface area contributed by atoms with Gasteiger partial charge in [-0.05, 0) is 30.2 Å². The van der Waals surface area contributed by atoms with E-state index in [9.17, 15) is 9.59 Å². The smallest absolute Gasteiger partial charge is 0.349 e. The van der Waals surface area contributed by atoms with Crippen LogP contribution in [-0.4, -0.2) is 39.1 Å². The van der Waals surface area contributed by atoms with Crippen LogP contribution in [0.5, 0.6) is 0 Å². The van der Waals surface area contributed by atoms with Crippen molar-refractivity contribution in [3.05, 3.63) is 35.4 Å². The van der Waals surface area contributed by atoms with E-state index in [2.05, 4.69) is 5.32 Å². The summed E-state index contributed by atoms with van der Waals surface area (Å²) in [5, 5.41) is 11.8. The first kappa shape index (κ1) is 19.2. The van der Waals surface area contributed by atoms with Crippen molar-refractivity contribution in [1.29, 1.82) is 5.26 Å². The van der Waals surface area contributed by atoms with Crippen molar-refractivity contribution >= 4 is 23.6 Å². The van der Waals surface area contributed by atoms with Gasteiger partial charge in [0.1, 0.15) is 11.6 Å². The van der Waals surface area contributed by atoms with Crippen molar-refractivity contribution in [2.45, 2.75) is 19.8 Å². The van der Waals surface area contributed by atoms with E-state index in [1.54, 1.807) is 12.1 Å². The molecule has 0 unspecified atom stereocenters. The zero-order valence-electron chi connectivity index (χ0n) is 14.3. The highest BCUT2D eigenvalue weighted by molar-refractivity contribution is 5.98. The highest BCUT2D eigenvalue weighted by Crippen LogP contribution is 2.15. The first-order valence-electron chi connectivity index (χ1n) is 7.81. The van der Waals surface area contributed by atoms with Crippen molar-refractivity contribution in [2.24, 2.45) is 0 Å². The monoisotopic (exact) mass is 329 g/mol. The number of rotatable bonds is 8. The molecule has 1 aromatic rings. The molecule has 128 valence electrons. The van der Waals surface area contributed by atoms with Gasteiger partial charge in [0.25, 0.3) is 5.91 Å². The summed E-state index contributed by atoms with van der Waals surface area (Å²) in [7, 11) is 3.85. The van der Waals surface area contributed by atoms with E-state index in [4.69, 9.17) is 10.00 Å². The lowest BCUT2D eigenvalue weighted by molar-refractivity contribution is -0.144. The summed E-state index contributed by atoms with van der Waals surface area (Å²) in [4.78, 5) is 25.3. The van der Waals surface area contributed by atoms with Gasteiger partial charge in [-0.2, -0.15) is 5.26 Å². The van der Waals surface area contributed by atoms with Gasteiger partial charge < -0.3 is 15.0 Å². The molecule has 0 bridgehead atoms. The lowest BCUT2D eigenvalue weighted by atomic mass is 10.1. The van der Waals surface area contributed by atoms with Crippen LogP contribution in [0.15, 0.2) is 29.8 Å². The third-order valence-corrected chi connectivity index (χ3v) is 3.25. The molecule has 0 heterocycles. The fourth-order valence-electron chi connectivity index (χ4n) is 1.84. The Morgan fingerprint density at radius 2 is 1.96 bits per heavy atom. The zero-order valence-corrected chi connectivity index (χ0v) is 14.3. The van der Waals surface area contributed by atoms with E-state index in [1.807, 2.05) is 44.1 Å². The maximum absolute atomic E-state index is 11.9. The highest BCUT2D eigenvalue weighted by atomic mass is 16.5. The third-order valence-electron chi connectivity index (χ3n) is 3.25. The van der Waals surface area contributed by atoms with Crippen LogP contribution in [0, 0.1) is 11.3 Å². The molecule has 0 spiro atoms. The van der Waals surface area contributed by atoms with Crippen LogP contribution >= 0.6 is 0 Å². The predicted octanol–water partition coefficient (Wildman–Crippen LogP) is 2.12. The maximum Gasteiger partial charge on any atom is 0.349 e. The number of benzene rings is 1. The maximum atomic E-state index is 11.9. The average molecular weight is 329 g/mol. The van der Waals surface area contributed by atoms with Gasteiger partial charge in [0.2, 0.25) is 0 Å². The Bertz CT molecular complexity index is 628. The van der Waals surface area contributed by atoms with Crippen LogP contribution in [0.25, 0.3) is 6.08 Å². The molecule has 0 saturated carbocycles. The van der Waals surface area contributed by atoms with Gasteiger partial charge in [-0.3, -0.25) is 4.79 Å². The van der Waals surface area contributed by atoms with Crippen LogP contribution < -0.4 is 10.2 Å².